The summed E-state index contributed by atoms with van der Waals surface area (Å²) in [5, 5.41) is 0.627. The molecule has 2 aromatic rings. The summed E-state index contributed by atoms with van der Waals surface area (Å²) in [6.07, 6.45) is 0. The molecule has 0 atom stereocenters. The number of aromatic nitrogens is 2. The minimum Gasteiger partial charge on any atom is -0.481 e. The molecule has 0 spiro atoms. The number of benzene rings is 1. The van der Waals surface area contributed by atoms with E-state index in [9.17, 15) is 0 Å². The average Bonchev–Trinajstić information content (AvgIpc) is 2.28. The number of nitrogens with two attached hydrogens (primary N) is 1. The van der Waals surface area contributed by atoms with Crippen LogP contribution in [-0.2, 0) is 0 Å². The number of hydrogen-bond acceptors (Lipinski definition) is 4. The van der Waals surface area contributed by atoms with E-state index < -0.39 is 0 Å². The van der Waals surface area contributed by atoms with Crippen LogP contribution in [0.15, 0.2) is 30.3 Å². The van der Waals surface area contributed by atoms with Crippen LogP contribution in [0.3, 0.4) is 0 Å². The fourth-order valence-corrected chi connectivity index (χ4v) is 1.49. The van der Waals surface area contributed by atoms with Gasteiger partial charge in [0.2, 0.25) is 5.88 Å². The summed E-state index contributed by atoms with van der Waals surface area (Å²) in [5.41, 5.74) is 6.45. The van der Waals surface area contributed by atoms with E-state index in [1.807, 2.05) is 12.1 Å². The molecule has 82 valence electrons. The third kappa shape index (κ3) is 2.23. The molecule has 0 unspecified atom stereocenters. The lowest BCUT2D eigenvalue weighted by molar-refractivity contribution is 0.398. The molecule has 2 N–H and O–H groups in total. The number of rotatable bonds is 2. The van der Waals surface area contributed by atoms with Gasteiger partial charge in [0.1, 0.15) is 5.82 Å². The van der Waals surface area contributed by atoms with Gasteiger partial charge in [-0.1, -0.05) is 23.7 Å². The van der Waals surface area contributed by atoms with Crippen LogP contribution >= 0.6 is 11.6 Å². The van der Waals surface area contributed by atoms with Crippen LogP contribution in [0.5, 0.6) is 5.88 Å². The molecular weight excluding hydrogens is 226 g/mol. The van der Waals surface area contributed by atoms with Crippen molar-refractivity contribution in [2.75, 3.05) is 12.8 Å². The molecule has 2 rings (SSSR count). The SMILES string of the molecule is COc1cc(N)nc(-c2cccc(Cl)c2)n1. The van der Waals surface area contributed by atoms with Gasteiger partial charge in [0.05, 0.1) is 7.11 Å². The molecule has 0 saturated carbocycles. The van der Waals surface area contributed by atoms with Crippen LogP contribution < -0.4 is 10.5 Å². The van der Waals surface area contributed by atoms with E-state index in [1.54, 1.807) is 18.2 Å². The van der Waals surface area contributed by atoms with Gasteiger partial charge in [-0.2, -0.15) is 4.98 Å². The van der Waals surface area contributed by atoms with Crippen LogP contribution in [0, 0.1) is 0 Å². The van der Waals surface area contributed by atoms with Gasteiger partial charge in [0.25, 0.3) is 0 Å². The number of ether oxygens (including phenoxy) is 1. The highest BCUT2D eigenvalue weighted by atomic mass is 35.5. The Morgan fingerprint density at radius 3 is 2.75 bits per heavy atom. The Morgan fingerprint density at radius 1 is 1.25 bits per heavy atom. The quantitative estimate of drug-likeness (QED) is 0.868. The Morgan fingerprint density at radius 2 is 2.06 bits per heavy atom. The maximum Gasteiger partial charge on any atom is 0.218 e. The molecule has 0 fully saturated rings. The summed E-state index contributed by atoms with van der Waals surface area (Å²) in [7, 11) is 1.53. The molecule has 0 aliphatic heterocycles. The predicted molar refractivity (Wildman–Crippen MR) is 63.4 cm³/mol. The number of nitrogen functional groups attached to an aromatic ring is 1. The first kappa shape index (κ1) is 10.7. The molecule has 1 heterocycles. The smallest absolute Gasteiger partial charge is 0.218 e. The number of halogens is 1. The van der Waals surface area contributed by atoms with Crippen molar-refractivity contribution in [2.24, 2.45) is 0 Å². The standard InChI is InChI=1S/C11H10ClN3O/c1-16-10-6-9(13)14-11(15-10)7-3-2-4-8(12)5-7/h2-6H,1H3,(H2,13,14,15). The molecule has 4 nitrogen and oxygen atoms in total. The van der Waals surface area contributed by atoms with E-state index in [0.717, 1.165) is 5.56 Å². The lowest BCUT2D eigenvalue weighted by Crippen LogP contribution is -1.98. The lowest BCUT2D eigenvalue weighted by atomic mass is 10.2. The molecule has 1 aromatic heterocycles. The highest BCUT2D eigenvalue weighted by molar-refractivity contribution is 6.30. The van der Waals surface area contributed by atoms with Gasteiger partial charge in [0, 0.05) is 16.7 Å². The normalized spacial score (nSPS) is 10.1. The van der Waals surface area contributed by atoms with Gasteiger partial charge in [0.15, 0.2) is 5.82 Å². The van der Waals surface area contributed by atoms with E-state index in [0.29, 0.717) is 22.5 Å². The number of anilines is 1. The van der Waals surface area contributed by atoms with Crippen molar-refractivity contribution in [2.45, 2.75) is 0 Å². The van der Waals surface area contributed by atoms with Crippen molar-refractivity contribution < 1.29 is 4.74 Å². The summed E-state index contributed by atoms with van der Waals surface area (Å²) >= 11 is 5.89. The monoisotopic (exact) mass is 235 g/mol. The van der Waals surface area contributed by atoms with Crippen LogP contribution in [0.25, 0.3) is 11.4 Å². The maximum atomic E-state index is 5.89. The van der Waals surface area contributed by atoms with Crippen molar-refractivity contribution in [1.29, 1.82) is 0 Å². The Labute approximate surface area is 98.0 Å². The van der Waals surface area contributed by atoms with E-state index in [4.69, 9.17) is 22.1 Å². The summed E-state index contributed by atoms with van der Waals surface area (Å²) in [5.74, 6) is 1.30. The highest BCUT2D eigenvalue weighted by Gasteiger charge is 2.05. The number of hydrogen-bond donors (Lipinski definition) is 1. The summed E-state index contributed by atoms with van der Waals surface area (Å²) in [6.45, 7) is 0. The predicted octanol–water partition coefficient (Wildman–Crippen LogP) is 2.39. The second-order valence-electron chi connectivity index (χ2n) is 3.17. The molecule has 0 amide bonds. The van der Waals surface area contributed by atoms with Crippen molar-refractivity contribution in [3.63, 3.8) is 0 Å². The Hall–Kier alpha value is -1.81. The van der Waals surface area contributed by atoms with Gasteiger partial charge >= 0.3 is 0 Å². The molecule has 5 heteroatoms. The zero-order chi connectivity index (χ0) is 11.5. The first-order valence-electron chi connectivity index (χ1n) is 4.63. The zero-order valence-corrected chi connectivity index (χ0v) is 9.40. The van der Waals surface area contributed by atoms with E-state index >= 15 is 0 Å². The van der Waals surface area contributed by atoms with Crippen LogP contribution in [0.2, 0.25) is 5.02 Å². The van der Waals surface area contributed by atoms with Crippen LogP contribution in [-0.4, -0.2) is 17.1 Å². The number of nitrogens with zero attached hydrogens (tertiary/aromatic N) is 2. The van der Waals surface area contributed by atoms with E-state index in [-0.39, 0.29) is 0 Å². The molecule has 0 saturated heterocycles. The highest BCUT2D eigenvalue weighted by Crippen LogP contribution is 2.22. The summed E-state index contributed by atoms with van der Waals surface area (Å²) in [6, 6.07) is 8.81. The van der Waals surface area contributed by atoms with Crippen molar-refractivity contribution in [3.8, 4) is 17.3 Å². The van der Waals surface area contributed by atoms with Crippen molar-refractivity contribution in [1.82, 2.24) is 9.97 Å². The molecule has 16 heavy (non-hydrogen) atoms. The Kier molecular flexibility index (Phi) is 2.92. The fraction of sp³-hybridized carbons (Fsp3) is 0.0909. The van der Waals surface area contributed by atoms with Crippen molar-refractivity contribution >= 4 is 17.4 Å². The second-order valence-corrected chi connectivity index (χ2v) is 3.61. The third-order valence-electron chi connectivity index (χ3n) is 2.01. The van der Waals surface area contributed by atoms with Crippen LogP contribution in [0.4, 0.5) is 5.82 Å². The molecule has 0 radical (unpaired) electrons. The molecular formula is C11H10ClN3O. The molecule has 0 aliphatic carbocycles. The first-order valence-corrected chi connectivity index (χ1v) is 5.01. The largest absolute Gasteiger partial charge is 0.481 e. The average molecular weight is 236 g/mol. The minimum atomic E-state index is 0.363. The Bertz CT molecular complexity index is 516. The minimum absolute atomic E-state index is 0.363. The molecule has 1 aromatic carbocycles. The van der Waals surface area contributed by atoms with Gasteiger partial charge in [-0.15, -0.1) is 0 Å². The summed E-state index contributed by atoms with van der Waals surface area (Å²) in [4.78, 5) is 8.31. The van der Waals surface area contributed by atoms with E-state index in [2.05, 4.69) is 9.97 Å². The molecule has 0 bridgehead atoms. The lowest BCUT2D eigenvalue weighted by Gasteiger charge is -2.04. The zero-order valence-electron chi connectivity index (χ0n) is 8.64. The molecule has 0 aliphatic rings. The van der Waals surface area contributed by atoms with Gasteiger partial charge < -0.3 is 10.5 Å². The Balaban J connectivity index is 2.51. The van der Waals surface area contributed by atoms with Crippen molar-refractivity contribution in [3.05, 3.63) is 35.4 Å². The van der Waals surface area contributed by atoms with Crippen LogP contribution in [0.1, 0.15) is 0 Å². The fourth-order valence-electron chi connectivity index (χ4n) is 1.30. The van der Waals surface area contributed by atoms with Gasteiger partial charge in [-0.05, 0) is 12.1 Å². The maximum absolute atomic E-state index is 5.89. The van der Waals surface area contributed by atoms with Gasteiger partial charge in [-0.25, -0.2) is 4.98 Å². The van der Waals surface area contributed by atoms with E-state index in [1.165, 1.54) is 7.11 Å². The second kappa shape index (κ2) is 4.37. The van der Waals surface area contributed by atoms with Gasteiger partial charge in [-0.3, -0.25) is 0 Å². The summed E-state index contributed by atoms with van der Waals surface area (Å²) < 4.78 is 5.02. The topological polar surface area (TPSA) is 61.0 Å². The first-order chi connectivity index (χ1) is 7.69. The third-order valence-corrected chi connectivity index (χ3v) is 2.25. The number of methoxy groups -OCH3 is 1.